The van der Waals surface area contributed by atoms with E-state index in [1.807, 2.05) is 0 Å². The molecule has 3 rings (SSSR count). The molecule has 1 aromatic carbocycles. The standard InChI is InChI=1S/C17H16ClN3O4/c18-11-8-13(19-9-11)17(24)25-10-15(22)20-12-4-1-2-5-14(12)21-7-3-6-16(21)23/h1-2,4-5,8-9,19H,3,6-7,10H2,(H,20,22). The number of anilines is 2. The Morgan fingerprint density at radius 3 is 2.80 bits per heavy atom. The number of ether oxygens (including phenoxy) is 1. The summed E-state index contributed by atoms with van der Waals surface area (Å²) in [5.41, 5.74) is 1.31. The molecule has 0 atom stereocenters. The number of para-hydroxylation sites is 2. The zero-order valence-corrected chi connectivity index (χ0v) is 14.0. The van der Waals surface area contributed by atoms with E-state index in [0.29, 0.717) is 29.4 Å². The zero-order valence-electron chi connectivity index (χ0n) is 13.3. The van der Waals surface area contributed by atoms with Crippen molar-refractivity contribution in [1.82, 2.24) is 4.98 Å². The first kappa shape index (κ1) is 17.0. The number of nitrogens with zero attached hydrogens (tertiary/aromatic N) is 1. The smallest absolute Gasteiger partial charge is 0.355 e. The zero-order chi connectivity index (χ0) is 17.8. The molecule has 1 fully saturated rings. The third kappa shape index (κ3) is 4.00. The number of aromatic nitrogens is 1. The van der Waals surface area contributed by atoms with E-state index >= 15 is 0 Å². The van der Waals surface area contributed by atoms with Gasteiger partial charge in [-0.1, -0.05) is 23.7 Å². The topological polar surface area (TPSA) is 91.5 Å². The Morgan fingerprint density at radius 2 is 2.12 bits per heavy atom. The van der Waals surface area contributed by atoms with Crippen LogP contribution < -0.4 is 10.2 Å². The Balaban J connectivity index is 1.61. The molecule has 1 saturated heterocycles. The predicted octanol–water partition coefficient (Wildman–Crippen LogP) is 2.59. The maximum atomic E-state index is 12.1. The summed E-state index contributed by atoms with van der Waals surface area (Å²) in [7, 11) is 0. The summed E-state index contributed by atoms with van der Waals surface area (Å²) in [5, 5.41) is 3.05. The molecule has 2 aromatic rings. The van der Waals surface area contributed by atoms with Crippen molar-refractivity contribution < 1.29 is 19.1 Å². The molecule has 1 aromatic heterocycles. The number of nitrogens with one attached hydrogen (secondary N) is 2. The molecule has 0 aliphatic carbocycles. The number of carbonyl (C=O) groups excluding carboxylic acids is 3. The van der Waals surface area contributed by atoms with Gasteiger partial charge in [0.25, 0.3) is 5.91 Å². The van der Waals surface area contributed by atoms with Crippen LogP contribution in [0.2, 0.25) is 5.02 Å². The van der Waals surface area contributed by atoms with Crippen LogP contribution in [0.5, 0.6) is 0 Å². The van der Waals surface area contributed by atoms with Crippen LogP contribution in [-0.4, -0.2) is 35.9 Å². The van der Waals surface area contributed by atoms with Crippen molar-refractivity contribution in [3.8, 4) is 0 Å². The van der Waals surface area contributed by atoms with Gasteiger partial charge in [-0.2, -0.15) is 0 Å². The molecule has 0 radical (unpaired) electrons. The number of rotatable bonds is 5. The maximum Gasteiger partial charge on any atom is 0.355 e. The van der Waals surface area contributed by atoms with Crippen LogP contribution in [0.15, 0.2) is 36.5 Å². The highest BCUT2D eigenvalue weighted by Crippen LogP contribution is 2.29. The molecular weight excluding hydrogens is 346 g/mol. The van der Waals surface area contributed by atoms with Crippen molar-refractivity contribution in [2.24, 2.45) is 0 Å². The van der Waals surface area contributed by atoms with E-state index in [9.17, 15) is 14.4 Å². The van der Waals surface area contributed by atoms with Crippen LogP contribution in [0, 0.1) is 0 Å². The van der Waals surface area contributed by atoms with Gasteiger partial charge in [0.2, 0.25) is 5.91 Å². The molecule has 7 nitrogen and oxygen atoms in total. The summed E-state index contributed by atoms with van der Waals surface area (Å²) in [5.74, 6) is -1.15. The molecule has 2 heterocycles. The van der Waals surface area contributed by atoms with Crippen molar-refractivity contribution in [1.29, 1.82) is 0 Å². The third-order valence-electron chi connectivity index (χ3n) is 3.74. The number of amides is 2. The second-order valence-corrected chi connectivity index (χ2v) is 5.96. The fraction of sp³-hybridized carbons (Fsp3) is 0.235. The van der Waals surface area contributed by atoms with E-state index in [0.717, 1.165) is 6.42 Å². The van der Waals surface area contributed by atoms with E-state index in [2.05, 4.69) is 10.3 Å². The molecule has 2 amide bonds. The molecule has 0 bridgehead atoms. The van der Waals surface area contributed by atoms with Crippen LogP contribution in [0.1, 0.15) is 23.3 Å². The van der Waals surface area contributed by atoms with E-state index in [1.54, 1.807) is 29.2 Å². The minimum Gasteiger partial charge on any atom is -0.451 e. The lowest BCUT2D eigenvalue weighted by molar-refractivity contribution is -0.119. The average molecular weight is 362 g/mol. The van der Waals surface area contributed by atoms with E-state index in [4.69, 9.17) is 16.3 Å². The highest BCUT2D eigenvalue weighted by atomic mass is 35.5. The summed E-state index contributed by atoms with van der Waals surface area (Å²) >= 11 is 5.72. The summed E-state index contributed by atoms with van der Waals surface area (Å²) in [6, 6.07) is 8.44. The van der Waals surface area contributed by atoms with Crippen molar-refractivity contribution in [3.63, 3.8) is 0 Å². The number of carbonyl (C=O) groups is 3. The van der Waals surface area contributed by atoms with E-state index < -0.39 is 18.5 Å². The first-order valence-corrected chi connectivity index (χ1v) is 8.12. The number of H-pyrrole nitrogens is 1. The molecule has 130 valence electrons. The minimum absolute atomic E-state index is 0.0248. The lowest BCUT2D eigenvalue weighted by atomic mass is 10.2. The van der Waals surface area contributed by atoms with Crippen molar-refractivity contribution in [2.75, 3.05) is 23.4 Å². The van der Waals surface area contributed by atoms with Crippen molar-refractivity contribution in [2.45, 2.75) is 12.8 Å². The van der Waals surface area contributed by atoms with Gasteiger partial charge in [-0.3, -0.25) is 9.59 Å². The molecule has 0 saturated carbocycles. The van der Waals surface area contributed by atoms with Crippen LogP contribution in [-0.2, 0) is 14.3 Å². The SMILES string of the molecule is O=C(COC(=O)c1cc(Cl)c[nH]1)Nc1ccccc1N1CCCC1=O. The van der Waals surface area contributed by atoms with E-state index in [1.165, 1.54) is 12.3 Å². The van der Waals surface area contributed by atoms with Crippen molar-refractivity contribution in [3.05, 3.63) is 47.2 Å². The average Bonchev–Trinajstić information content (AvgIpc) is 3.22. The van der Waals surface area contributed by atoms with Gasteiger partial charge in [0.05, 0.1) is 16.4 Å². The van der Waals surface area contributed by atoms with Gasteiger partial charge in [0, 0.05) is 19.2 Å². The van der Waals surface area contributed by atoms with Gasteiger partial charge in [0.1, 0.15) is 5.69 Å². The number of aromatic amines is 1. The minimum atomic E-state index is -0.676. The molecule has 0 spiro atoms. The predicted molar refractivity (Wildman–Crippen MR) is 92.7 cm³/mol. The summed E-state index contributed by atoms with van der Waals surface area (Å²) in [4.78, 5) is 40.1. The Kier molecular flexibility index (Phi) is 5.04. The monoisotopic (exact) mass is 361 g/mol. The summed E-state index contributed by atoms with van der Waals surface area (Å²) < 4.78 is 4.94. The molecular formula is C17H16ClN3O4. The highest BCUT2D eigenvalue weighted by molar-refractivity contribution is 6.30. The second kappa shape index (κ2) is 7.40. The number of halogens is 1. The molecule has 8 heteroatoms. The van der Waals surface area contributed by atoms with Crippen LogP contribution in [0.3, 0.4) is 0 Å². The number of hydrogen-bond acceptors (Lipinski definition) is 4. The molecule has 0 unspecified atom stereocenters. The number of esters is 1. The summed E-state index contributed by atoms with van der Waals surface area (Å²) in [6.45, 7) is 0.173. The van der Waals surface area contributed by atoms with E-state index in [-0.39, 0.29) is 11.6 Å². The first-order chi connectivity index (χ1) is 12.0. The molecule has 1 aliphatic rings. The van der Waals surface area contributed by atoms with Gasteiger partial charge < -0.3 is 19.9 Å². The highest BCUT2D eigenvalue weighted by Gasteiger charge is 2.24. The Labute approximate surface area is 148 Å². The van der Waals surface area contributed by atoms with Gasteiger partial charge >= 0.3 is 5.97 Å². The lowest BCUT2D eigenvalue weighted by Gasteiger charge is -2.19. The quantitative estimate of drug-likeness (QED) is 0.801. The molecule has 1 aliphatic heterocycles. The second-order valence-electron chi connectivity index (χ2n) is 5.52. The third-order valence-corrected chi connectivity index (χ3v) is 3.96. The Bertz CT molecular complexity index is 818. The number of benzene rings is 1. The fourth-order valence-corrected chi connectivity index (χ4v) is 2.76. The maximum absolute atomic E-state index is 12.1. The Morgan fingerprint density at radius 1 is 1.32 bits per heavy atom. The van der Waals surface area contributed by atoms with Gasteiger partial charge in [0.15, 0.2) is 6.61 Å². The van der Waals surface area contributed by atoms with Crippen LogP contribution in [0.4, 0.5) is 11.4 Å². The molecule has 25 heavy (non-hydrogen) atoms. The largest absolute Gasteiger partial charge is 0.451 e. The van der Waals surface area contributed by atoms with Crippen LogP contribution >= 0.6 is 11.6 Å². The first-order valence-electron chi connectivity index (χ1n) is 7.75. The van der Waals surface area contributed by atoms with Crippen molar-refractivity contribution >= 4 is 40.8 Å². The van der Waals surface area contributed by atoms with Crippen LogP contribution in [0.25, 0.3) is 0 Å². The Hall–Kier alpha value is -2.80. The lowest BCUT2D eigenvalue weighted by Crippen LogP contribution is -2.27. The number of hydrogen-bond donors (Lipinski definition) is 2. The van der Waals surface area contributed by atoms with Gasteiger partial charge in [-0.05, 0) is 24.6 Å². The van der Waals surface area contributed by atoms with Gasteiger partial charge in [-0.15, -0.1) is 0 Å². The molecule has 2 N–H and O–H groups in total. The van der Waals surface area contributed by atoms with Gasteiger partial charge in [-0.25, -0.2) is 4.79 Å². The fourth-order valence-electron chi connectivity index (χ4n) is 2.60. The summed E-state index contributed by atoms with van der Waals surface area (Å²) in [6.07, 6.45) is 2.73. The normalized spacial score (nSPS) is 13.8.